The van der Waals surface area contributed by atoms with Crippen LogP contribution < -0.4 is 0 Å². The van der Waals surface area contributed by atoms with E-state index >= 15 is 0 Å². The van der Waals surface area contributed by atoms with Crippen LogP contribution in [0.5, 0.6) is 0 Å². The lowest BCUT2D eigenvalue weighted by Crippen LogP contribution is -2.22. The lowest BCUT2D eigenvalue weighted by Gasteiger charge is -2.20. The number of hydrogen-bond donors (Lipinski definition) is 2. The number of nitrogens with zero attached hydrogens (tertiary/aromatic N) is 1. The molecule has 1 aromatic heterocycles. The van der Waals surface area contributed by atoms with Gasteiger partial charge >= 0.3 is 5.97 Å². The van der Waals surface area contributed by atoms with Crippen LogP contribution in [0.25, 0.3) is 0 Å². The Kier molecular flexibility index (Phi) is 8.92. The molecule has 0 saturated heterocycles. The molecule has 0 aromatic carbocycles. The van der Waals surface area contributed by atoms with Crippen LogP contribution in [0.15, 0.2) is 34.0 Å². The smallest absolute Gasteiger partial charge is 0.355 e. The second kappa shape index (κ2) is 10.9. The van der Waals surface area contributed by atoms with Crippen molar-refractivity contribution in [3.8, 4) is 0 Å². The van der Waals surface area contributed by atoms with Crippen molar-refractivity contribution >= 4 is 34.9 Å². The van der Waals surface area contributed by atoms with Crippen LogP contribution in [-0.2, 0) is 4.79 Å². The lowest BCUT2D eigenvalue weighted by atomic mass is 9.91. The van der Waals surface area contributed by atoms with Gasteiger partial charge in [0.2, 0.25) is 0 Å². The van der Waals surface area contributed by atoms with E-state index in [2.05, 4.69) is 24.1 Å². The molecule has 1 aromatic rings. The van der Waals surface area contributed by atoms with E-state index in [1.54, 1.807) is 5.38 Å². The predicted molar refractivity (Wildman–Crippen MR) is 114 cm³/mol. The Balaban J connectivity index is 1.82. The van der Waals surface area contributed by atoms with Crippen molar-refractivity contribution < 1.29 is 19.8 Å². The molecule has 0 aliphatic heterocycles. The zero-order valence-corrected chi connectivity index (χ0v) is 18.1. The molecule has 0 amide bonds. The number of aromatic nitrogens is 1. The van der Waals surface area contributed by atoms with Gasteiger partial charge in [-0.15, -0.1) is 11.3 Å². The summed E-state index contributed by atoms with van der Waals surface area (Å²) in [6, 6.07) is 0. The Morgan fingerprint density at radius 3 is 2.82 bits per heavy atom. The van der Waals surface area contributed by atoms with Gasteiger partial charge in [0.15, 0.2) is 10.0 Å². The molecule has 154 valence electrons. The van der Waals surface area contributed by atoms with Gasteiger partial charge in [0.1, 0.15) is 5.78 Å². The fourth-order valence-corrected chi connectivity index (χ4v) is 5.21. The van der Waals surface area contributed by atoms with Gasteiger partial charge in [-0.1, -0.05) is 43.0 Å². The average molecular weight is 424 g/mol. The van der Waals surface area contributed by atoms with E-state index < -0.39 is 11.6 Å². The summed E-state index contributed by atoms with van der Waals surface area (Å²) in [6.07, 6.45) is 12.6. The highest BCUT2D eigenvalue weighted by molar-refractivity contribution is 8.01. The van der Waals surface area contributed by atoms with E-state index in [1.165, 1.54) is 23.1 Å². The van der Waals surface area contributed by atoms with Crippen molar-refractivity contribution in [3.63, 3.8) is 0 Å². The van der Waals surface area contributed by atoms with E-state index in [9.17, 15) is 14.7 Å². The van der Waals surface area contributed by atoms with Crippen LogP contribution in [0.2, 0.25) is 0 Å². The summed E-state index contributed by atoms with van der Waals surface area (Å²) in [5, 5.41) is 20.9. The fraction of sp³-hybridized carbons (Fsp3) is 0.571. The Bertz CT molecular complexity index is 724. The van der Waals surface area contributed by atoms with Gasteiger partial charge in [-0.25, -0.2) is 9.78 Å². The van der Waals surface area contributed by atoms with Gasteiger partial charge in [-0.3, -0.25) is 4.79 Å². The number of hydrogen-bond acceptors (Lipinski definition) is 6. The SMILES string of the molecule is CCC=CCC(C)(O)CC=CC1CCC(=O)C1CCSc1nc(C(=O)O)cs1. The molecular formula is C21H29NO4S2. The number of rotatable bonds is 11. The monoisotopic (exact) mass is 423 g/mol. The zero-order valence-electron chi connectivity index (χ0n) is 16.5. The first kappa shape index (κ1) is 22.8. The molecule has 0 spiro atoms. The summed E-state index contributed by atoms with van der Waals surface area (Å²) in [6.45, 7) is 3.91. The molecule has 5 nitrogen and oxygen atoms in total. The van der Waals surface area contributed by atoms with E-state index in [0.29, 0.717) is 25.0 Å². The number of aliphatic hydroxyl groups is 1. The van der Waals surface area contributed by atoms with E-state index in [0.717, 1.165) is 29.4 Å². The Labute approximate surface area is 175 Å². The molecule has 2 N–H and O–H groups in total. The molecule has 1 aliphatic carbocycles. The topological polar surface area (TPSA) is 87.5 Å². The van der Waals surface area contributed by atoms with Crippen molar-refractivity contribution in [1.82, 2.24) is 4.98 Å². The molecule has 2 rings (SSSR count). The highest BCUT2D eigenvalue weighted by atomic mass is 32.2. The number of aromatic carboxylic acids is 1. The third-order valence-electron chi connectivity index (χ3n) is 4.91. The highest BCUT2D eigenvalue weighted by Gasteiger charge is 2.32. The summed E-state index contributed by atoms with van der Waals surface area (Å²) < 4.78 is 0.728. The molecule has 3 atom stereocenters. The second-order valence-electron chi connectivity index (χ2n) is 7.43. The largest absolute Gasteiger partial charge is 0.476 e. The first-order valence-corrected chi connectivity index (χ1v) is 11.6. The first-order valence-electron chi connectivity index (χ1n) is 9.70. The molecule has 3 unspecified atom stereocenters. The van der Waals surface area contributed by atoms with Crippen LogP contribution in [0.4, 0.5) is 0 Å². The normalized spacial score (nSPS) is 22.3. The lowest BCUT2D eigenvalue weighted by molar-refractivity contribution is -0.121. The summed E-state index contributed by atoms with van der Waals surface area (Å²) >= 11 is 2.83. The van der Waals surface area contributed by atoms with Crippen molar-refractivity contribution in [2.45, 2.75) is 62.3 Å². The Hall–Kier alpha value is -1.44. The number of ketones is 1. The van der Waals surface area contributed by atoms with Gasteiger partial charge in [-0.2, -0.15) is 0 Å². The average Bonchev–Trinajstić information content (AvgIpc) is 3.23. The molecule has 0 radical (unpaired) electrons. The van der Waals surface area contributed by atoms with Crippen LogP contribution in [0.1, 0.15) is 62.9 Å². The summed E-state index contributed by atoms with van der Waals surface area (Å²) in [4.78, 5) is 27.2. The number of carboxylic acids is 1. The zero-order chi connectivity index (χ0) is 20.6. The number of Topliss-reactive ketones (excluding diaryl/α,β-unsaturated/α-hetero) is 1. The van der Waals surface area contributed by atoms with Crippen LogP contribution >= 0.6 is 23.1 Å². The minimum absolute atomic E-state index is 0.00703. The summed E-state index contributed by atoms with van der Waals surface area (Å²) in [5.41, 5.74) is -0.686. The van der Waals surface area contributed by atoms with Gasteiger partial charge in [0, 0.05) is 23.5 Å². The second-order valence-corrected chi connectivity index (χ2v) is 9.63. The molecule has 1 fully saturated rings. The summed E-state index contributed by atoms with van der Waals surface area (Å²) in [7, 11) is 0. The maximum atomic E-state index is 12.3. The first-order chi connectivity index (χ1) is 13.3. The Morgan fingerprint density at radius 2 is 2.14 bits per heavy atom. The van der Waals surface area contributed by atoms with Gasteiger partial charge < -0.3 is 10.2 Å². The minimum atomic E-state index is -1.01. The van der Waals surface area contributed by atoms with Crippen LogP contribution in [0.3, 0.4) is 0 Å². The fourth-order valence-electron chi connectivity index (χ4n) is 3.32. The molecular weight excluding hydrogens is 394 g/mol. The van der Waals surface area contributed by atoms with Gasteiger partial charge in [0.05, 0.1) is 5.60 Å². The highest BCUT2D eigenvalue weighted by Crippen LogP contribution is 2.35. The van der Waals surface area contributed by atoms with Crippen LogP contribution in [0, 0.1) is 11.8 Å². The third kappa shape index (κ3) is 7.18. The maximum absolute atomic E-state index is 12.3. The molecule has 7 heteroatoms. The van der Waals surface area contributed by atoms with Crippen molar-refractivity contribution in [3.05, 3.63) is 35.4 Å². The van der Waals surface area contributed by atoms with Crippen LogP contribution in [-0.4, -0.2) is 38.3 Å². The van der Waals surface area contributed by atoms with Crippen molar-refractivity contribution in [2.75, 3.05) is 5.75 Å². The maximum Gasteiger partial charge on any atom is 0.355 e. The van der Waals surface area contributed by atoms with Crippen molar-refractivity contribution in [2.24, 2.45) is 11.8 Å². The number of carbonyl (C=O) groups excluding carboxylic acids is 1. The standard InChI is InChI=1S/C21H29NO4S2/c1-3-4-5-11-21(2,26)12-6-7-15-8-9-18(23)16(15)10-13-27-20-22-17(14-28-20)19(24)25/h4-7,14-16,26H,3,8-13H2,1-2H3,(H,24,25). The number of allylic oxidation sites excluding steroid dienone is 2. The molecule has 0 bridgehead atoms. The van der Waals surface area contributed by atoms with Gasteiger partial charge in [0.25, 0.3) is 0 Å². The number of thiazole rings is 1. The predicted octanol–water partition coefficient (Wildman–Crippen LogP) is 4.97. The minimum Gasteiger partial charge on any atom is -0.476 e. The number of carboxylic acid groups (broad SMARTS) is 1. The van der Waals surface area contributed by atoms with Gasteiger partial charge in [-0.05, 0) is 44.9 Å². The molecule has 1 aliphatic rings. The van der Waals surface area contributed by atoms with E-state index in [1.807, 2.05) is 19.1 Å². The third-order valence-corrected chi connectivity index (χ3v) is 6.97. The van der Waals surface area contributed by atoms with E-state index in [4.69, 9.17) is 5.11 Å². The Morgan fingerprint density at radius 1 is 1.39 bits per heavy atom. The quantitative estimate of drug-likeness (QED) is 0.386. The molecule has 1 saturated carbocycles. The number of thioether (sulfide) groups is 1. The molecule has 28 heavy (non-hydrogen) atoms. The number of carbonyl (C=O) groups is 2. The van der Waals surface area contributed by atoms with Crippen molar-refractivity contribution in [1.29, 1.82) is 0 Å². The summed E-state index contributed by atoms with van der Waals surface area (Å²) in [5.74, 6) is 0.263. The van der Waals surface area contributed by atoms with E-state index in [-0.39, 0.29) is 17.5 Å². The molecule has 1 heterocycles.